The van der Waals surface area contributed by atoms with Crippen LogP contribution in [0.5, 0.6) is 0 Å². The molecule has 0 aromatic rings. The Kier molecular flexibility index (Phi) is 21.2. The van der Waals surface area contributed by atoms with Crippen LogP contribution in [0.15, 0.2) is 0 Å². The predicted octanol–water partition coefficient (Wildman–Crippen LogP) is 5.90. The van der Waals surface area contributed by atoms with E-state index in [1.807, 2.05) is 13.8 Å². The molecule has 0 amide bonds. The molecule has 0 rings (SSSR count). The van der Waals surface area contributed by atoms with Crippen molar-refractivity contribution < 1.29 is 37.5 Å². The predicted molar refractivity (Wildman–Crippen MR) is 132 cm³/mol. The second-order valence-electron chi connectivity index (χ2n) is 8.86. The minimum Gasteiger partial charge on any atom is -0.379 e. The summed E-state index contributed by atoms with van der Waals surface area (Å²) < 4.78 is 45.2. The maximum atomic E-state index is 12.3. The highest BCUT2D eigenvalue weighted by Gasteiger charge is 2.28. The molecule has 0 spiro atoms. The van der Waals surface area contributed by atoms with E-state index in [4.69, 9.17) is 28.0 Å². The van der Waals surface area contributed by atoms with E-state index in [0.717, 1.165) is 26.1 Å². The smallest absolute Gasteiger partial charge is 0.379 e. The standard InChI is InChI=1S/C24H51O8P/c1-7-9-11-13-15-27-17-21(3)29-19-23(5)31-33(25,26)32-24(6)20-30-22(4)18-28-16-14-12-10-8-2/h21-24H,7-20H2,1-6H3,(H,25,26). The summed E-state index contributed by atoms with van der Waals surface area (Å²) in [5, 5.41) is 0. The molecular formula is C24H51O8P. The average molecular weight is 499 g/mol. The summed E-state index contributed by atoms with van der Waals surface area (Å²) in [7, 11) is -4.22. The Morgan fingerprint density at radius 3 is 1.36 bits per heavy atom. The minimum absolute atomic E-state index is 0.121. The summed E-state index contributed by atoms with van der Waals surface area (Å²) in [5.74, 6) is 0. The number of hydrogen-bond donors (Lipinski definition) is 1. The van der Waals surface area contributed by atoms with E-state index in [-0.39, 0.29) is 25.4 Å². The van der Waals surface area contributed by atoms with Gasteiger partial charge in [0.1, 0.15) is 0 Å². The molecule has 4 atom stereocenters. The normalized spacial score (nSPS) is 17.4. The summed E-state index contributed by atoms with van der Waals surface area (Å²) >= 11 is 0. The van der Waals surface area contributed by atoms with Crippen molar-refractivity contribution in [1.29, 1.82) is 0 Å². The van der Waals surface area contributed by atoms with Crippen LogP contribution < -0.4 is 0 Å². The molecule has 1 N–H and O–H groups in total. The Morgan fingerprint density at radius 2 is 1.00 bits per heavy atom. The highest BCUT2D eigenvalue weighted by atomic mass is 31.2. The maximum absolute atomic E-state index is 12.3. The molecule has 0 aliphatic heterocycles. The molecule has 0 radical (unpaired) electrons. The Labute approximate surface area is 202 Å². The minimum atomic E-state index is -4.22. The number of rotatable bonds is 24. The quantitative estimate of drug-likeness (QED) is 0.130. The molecule has 0 heterocycles. The van der Waals surface area contributed by atoms with Gasteiger partial charge in [0.2, 0.25) is 0 Å². The fourth-order valence-corrected chi connectivity index (χ4v) is 4.08. The molecule has 0 saturated heterocycles. The Hall–Kier alpha value is -0.0500. The lowest BCUT2D eigenvalue weighted by atomic mass is 10.2. The number of hydrogen-bond acceptors (Lipinski definition) is 7. The highest BCUT2D eigenvalue weighted by molar-refractivity contribution is 7.47. The van der Waals surface area contributed by atoms with E-state index in [1.165, 1.54) is 38.5 Å². The van der Waals surface area contributed by atoms with Crippen molar-refractivity contribution in [3.63, 3.8) is 0 Å². The molecule has 0 aliphatic rings. The highest BCUT2D eigenvalue weighted by Crippen LogP contribution is 2.45. The molecular weight excluding hydrogens is 447 g/mol. The zero-order valence-electron chi connectivity index (χ0n) is 22.0. The molecule has 0 bridgehead atoms. The SMILES string of the molecule is CCCCCCOCC(C)OCC(C)OP(=O)(O)OC(C)COC(C)COCCCCCC. The number of ether oxygens (including phenoxy) is 4. The zero-order chi connectivity index (χ0) is 25.0. The Bertz CT molecular complexity index is 441. The molecule has 8 nitrogen and oxygen atoms in total. The average Bonchev–Trinajstić information content (AvgIpc) is 2.75. The number of unbranched alkanes of at least 4 members (excludes halogenated alkanes) is 6. The first-order valence-corrected chi connectivity index (χ1v) is 14.3. The van der Waals surface area contributed by atoms with Crippen LogP contribution in [0.4, 0.5) is 0 Å². The lowest BCUT2D eigenvalue weighted by Crippen LogP contribution is -2.25. The van der Waals surface area contributed by atoms with Gasteiger partial charge in [0.25, 0.3) is 0 Å². The van der Waals surface area contributed by atoms with Crippen LogP contribution in [0.2, 0.25) is 0 Å². The van der Waals surface area contributed by atoms with E-state index < -0.39 is 20.0 Å². The number of phosphoric acid groups is 1. The topological polar surface area (TPSA) is 92.7 Å². The first kappa shape index (κ1) is 33.0. The third kappa shape index (κ3) is 22.2. The van der Waals surface area contributed by atoms with E-state index >= 15 is 0 Å². The van der Waals surface area contributed by atoms with Crippen molar-refractivity contribution in [1.82, 2.24) is 0 Å². The first-order chi connectivity index (χ1) is 15.7. The van der Waals surface area contributed by atoms with E-state index in [1.54, 1.807) is 13.8 Å². The molecule has 0 aromatic heterocycles. The van der Waals surface area contributed by atoms with Gasteiger partial charge in [-0.25, -0.2) is 4.57 Å². The zero-order valence-corrected chi connectivity index (χ0v) is 22.9. The van der Waals surface area contributed by atoms with Gasteiger partial charge >= 0.3 is 7.82 Å². The summed E-state index contributed by atoms with van der Waals surface area (Å²) in [6.07, 6.45) is 7.89. The van der Waals surface area contributed by atoms with Gasteiger partial charge in [0.05, 0.1) is 50.8 Å². The summed E-state index contributed by atoms with van der Waals surface area (Å²) in [6.45, 7) is 14.3. The van der Waals surface area contributed by atoms with E-state index in [2.05, 4.69) is 13.8 Å². The van der Waals surface area contributed by atoms with Crippen molar-refractivity contribution >= 4 is 7.82 Å². The molecule has 200 valence electrons. The molecule has 0 fully saturated rings. The van der Waals surface area contributed by atoms with Crippen LogP contribution in [-0.4, -0.2) is 69.0 Å². The monoisotopic (exact) mass is 498 g/mol. The van der Waals surface area contributed by atoms with Crippen LogP contribution in [-0.2, 0) is 32.6 Å². The van der Waals surface area contributed by atoms with E-state index in [9.17, 15) is 9.46 Å². The lowest BCUT2D eigenvalue weighted by Gasteiger charge is -2.23. The molecule has 0 aromatic carbocycles. The summed E-state index contributed by atoms with van der Waals surface area (Å²) in [6, 6.07) is 0. The lowest BCUT2D eigenvalue weighted by molar-refractivity contribution is -0.0508. The van der Waals surface area contributed by atoms with Crippen molar-refractivity contribution in [3.8, 4) is 0 Å². The Balaban J connectivity index is 3.92. The van der Waals surface area contributed by atoms with Gasteiger partial charge in [-0.2, -0.15) is 0 Å². The third-order valence-electron chi connectivity index (χ3n) is 4.85. The second kappa shape index (κ2) is 21.3. The van der Waals surface area contributed by atoms with Crippen LogP contribution in [0.25, 0.3) is 0 Å². The maximum Gasteiger partial charge on any atom is 0.472 e. The summed E-state index contributed by atoms with van der Waals surface area (Å²) in [5.41, 5.74) is 0. The van der Waals surface area contributed by atoms with Gasteiger partial charge in [-0.05, 0) is 40.5 Å². The van der Waals surface area contributed by atoms with Crippen molar-refractivity contribution in [3.05, 3.63) is 0 Å². The summed E-state index contributed by atoms with van der Waals surface area (Å²) in [4.78, 5) is 10.0. The van der Waals surface area contributed by atoms with Crippen LogP contribution >= 0.6 is 7.82 Å². The van der Waals surface area contributed by atoms with Gasteiger partial charge < -0.3 is 23.8 Å². The van der Waals surface area contributed by atoms with Gasteiger partial charge in [0.15, 0.2) is 0 Å². The molecule has 9 heteroatoms. The molecule has 0 aliphatic carbocycles. The third-order valence-corrected chi connectivity index (χ3v) is 6.10. The van der Waals surface area contributed by atoms with Gasteiger partial charge in [-0.3, -0.25) is 9.05 Å². The molecule has 4 unspecified atom stereocenters. The van der Waals surface area contributed by atoms with Gasteiger partial charge in [0, 0.05) is 13.2 Å². The fraction of sp³-hybridized carbons (Fsp3) is 1.00. The molecule has 33 heavy (non-hydrogen) atoms. The van der Waals surface area contributed by atoms with Crippen LogP contribution in [0.1, 0.15) is 92.9 Å². The van der Waals surface area contributed by atoms with Crippen molar-refractivity contribution in [2.75, 3.05) is 39.6 Å². The van der Waals surface area contributed by atoms with E-state index in [0.29, 0.717) is 13.2 Å². The van der Waals surface area contributed by atoms with Gasteiger partial charge in [-0.1, -0.05) is 52.4 Å². The molecule has 0 saturated carbocycles. The van der Waals surface area contributed by atoms with Crippen molar-refractivity contribution in [2.24, 2.45) is 0 Å². The number of phosphoric ester groups is 1. The largest absolute Gasteiger partial charge is 0.472 e. The van der Waals surface area contributed by atoms with Crippen LogP contribution in [0, 0.1) is 0 Å². The van der Waals surface area contributed by atoms with Gasteiger partial charge in [-0.15, -0.1) is 0 Å². The van der Waals surface area contributed by atoms with Crippen molar-refractivity contribution in [2.45, 2.75) is 117 Å². The second-order valence-corrected chi connectivity index (χ2v) is 10.2. The fourth-order valence-electron chi connectivity index (χ4n) is 3.00. The first-order valence-electron chi connectivity index (χ1n) is 12.8. The van der Waals surface area contributed by atoms with Crippen LogP contribution in [0.3, 0.4) is 0 Å². The Morgan fingerprint density at radius 1 is 0.606 bits per heavy atom.